The number of rotatable bonds is 6. The number of thiocyanates is 1. The smallest absolute Gasteiger partial charge is 0.138 e. The SMILES string of the molecule is Cn1c(C=Nc2ccc(N=C=S)cc2)ccc1C=Nc1ccc(SC#N)cc1. The van der Waals surface area contributed by atoms with Gasteiger partial charge in [0.15, 0.2) is 0 Å². The number of nitrogens with zero attached hydrogens (tertiary/aromatic N) is 5. The van der Waals surface area contributed by atoms with Crippen LogP contribution in [0.15, 0.2) is 80.5 Å². The van der Waals surface area contributed by atoms with Crippen molar-refractivity contribution in [3.8, 4) is 5.40 Å². The molecule has 28 heavy (non-hydrogen) atoms. The molecular weight excluding hydrogens is 386 g/mol. The van der Waals surface area contributed by atoms with E-state index in [0.29, 0.717) is 0 Å². The Hall–Kier alpha value is -3.30. The van der Waals surface area contributed by atoms with Gasteiger partial charge in [0, 0.05) is 11.9 Å². The second-order valence-corrected chi connectivity index (χ2v) is 6.71. The molecule has 0 bridgehead atoms. The van der Waals surface area contributed by atoms with E-state index in [1.54, 1.807) is 0 Å². The summed E-state index contributed by atoms with van der Waals surface area (Å²) in [5.74, 6) is 0. The van der Waals surface area contributed by atoms with Crippen LogP contribution < -0.4 is 0 Å². The predicted octanol–water partition coefficient (Wildman–Crippen LogP) is 5.83. The van der Waals surface area contributed by atoms with E-state index in [-0.39, 0.29) is 0 Å². The number of nitriles is 1. The van der Waals surface area contributed by atoms with Crippen molar-refractivity contribution in [2.24, 2.45) is 22.0 Å². The van der Waals surface area contributed by atoms with Gasteiger partial charge in [-0.05, 0) is 84.6 Å². The first kappa shape index (κ1) is 19.5. The molecular formula is C21H15N5S2. The zero-order chi connectivity index (χ0) is 19.8. The molecule has 0 spiro atoms. The molecule has 0 N–H and O–H groups in total. The second-order valence-electron chi connectivity index (χ2n) is 5.67. The lowest BCUT2D eigenvalue weighted by Gasteiger charge is -2.01. The highest BCUT2D eigenvalue weighted by molar-refractivity contribution is 8.03. The molecule has 7 heteroatoms. The maximum atomic E-state index is 8.68. The summed E-state index contributed by atoms with van der Waals surface area (Å²) < 4.78 is 2.01. The van der Waals surface area contributed by atoms with Crippen molar-refractivity contribution in [3.63, 3.8) is 0 Å². The molecule has 0 radical (unpaired) electrons. The van der Waals surface area contributed by atoms with Gasteiger partial charge < -0.3 is 4.57 Å². The normalized spacial score (nSPS) is 10.9. The predicted molar refractivity (Wildman–Crippen MR) is 119 cm³/mol. The van der Waals surface area contributed by atoms with Crippen LogP contribution in [0.1, 0.15) is 11.4 Å². The molecule has 0 aliphatic heterocycles. The van der Waals surface area contributed by atoms with E-state index < -0.39 is 0 Å². The fourth-order valence-corrected chi connectivity index (χ4v) is 2.89. The summed E-state index contributed by atoms with van der Waals surface area (Å²) in [6.07, 6.45) is 3.62. The van der Waals surface area contributed by atoms with Gasteiger partial charge in [-0.3, -0.25) is 9.98 Å². The van der Waals surface area contributed by atoms with Crippen molar-refractivity contribution in [2.45, 2.75) is 4.90 Å². The number of isothiocyanates is 1. The van der Waals surface area contributed by atoms with Crippen molar-refractivity contribution in [2.75, 3.05) is 0 Å². The zero-order valence-corrected chi connectivity index (χ0v) is 16.6. The minimum absolute atomic E-state index is 0.755. The van der Waals surface area contributed by atoms with Crippen molar-refractivity contribution < 1.29 is 0 Å². The summed E-state index contributed by atoms with van der Waals surface area (Å²) >= 11 is 5.73. The van der Waals surface area contributed by atoms with E-state index >= 15 is 0 Å². The Morgan fingerprint density at radius 3 is 1.86 bits per heavy atom. The highest BCUT2D eigenvalue weighted by atomic mass is 32.2. The number of benzene rings is 2. The van der Waals surface area contributed by atoms with Crippen molar-refractivity contribution in [1.82, 2.24) is 4.57 Å². The van der Waals surface area contributed by atoms with Crippen molar-refractivity contribution in [3.05, 3.63) is 72.1 Å². The topological polar surface area (TPSA) is 65.8 Å². The summed E-state index contributed by atoms with van der Waals surface area (Å²) in [7, 11) is 1.96. The minimum Gasteiger partial charge on any atom is -0.342 e. The molecule has 3 aromatic rings. The van der Waals surface area contributed by atoms with Gasteiger partial charge in [-0.25, -0.2) is 0 Å². The van der Waals surface area contributed by atoms with E-state index in [2.05, 4.69) is 37.8 Å². The van der Waals surface area contributed by atoms with Crippen LogP contribution in [0.3, 0.4) is 0 Å². The van der Waals surface area contributed by atoms with Crippen LogP contribution >= 0.6 is 24.0 Å². The van der Waals surface area contributed by atoms with E-state index in [0.717, 1.165) is 45.1 Å². The van der Waals surface area contributed by atoms with Gasteiger partial charge in [-0.2, -0.15) is 10.3 Å². The summed E-state index contributed by atoms with van der Waals surface area (Å²) in [4.78, 5) is 13.8. The molecule has 1 aromatic heterocycles. The number of thiocarbonyl (C=S) groups is 1. The quantitative estimate of drug-likeness (QED) is 0.226. The van der Waals surface area contributed by atoms with Crippen molar-refractivity contribution >= 4 is 58.6 Å². The van der Waals surface area contributed by atoms with Gasteiger partial charge >= 0.3 is 0 Å². The molecule has 0 amide bonds. The van der Waals surface area contributed by atoms with Crippen LogP contribution in [0.5, 0.6) is 0 Å². The molecule has 0 fully saturated rings. The third-order valence-electron chi connectivity index (χ3n) is 3.92. The Morgan fingerprint density at radius 1 is 0.857 bits per heavy atom. The summed E-state index contributed by atoms with van der Waals surface area (Å²) in [5.41, 5.74) is 4.34. The van der Waals surface area contributed by atoms with Crippen LogP contribution in [0, 0.1) is 10.7 Å². The first-order chi connectivity index (χ1) is 13.7. The Bertz CT molecular complexity index is 1100. The molecule has 1 heterocycles. The molecule has 0 saturated carbocycles. The number of aliphatic imine (C=N–C) groups is 3. The monoisotopic (exact) mass is 401 g/mol. The van der Waals surface area contributed by atoms with Crippen LogP contribution in [0.4, 0.5) is 17.1 Å². The summed E-state index contributed by atoms with van der Waals surface area (Å²) in [6.45, 7) is 0. The number of thioether (sulfide) groups is 1. The van der Waals surface area contributed by atoms with Crippen LogP contribution in [-0.4, -0.2) is 22.2 Å². The lowest BCUT2D eigenvalue weighted by molar-refractivity contribution is 0.909. The average molecular weight is 402 g/mol. The first-order valence-corrected chi connectivity index (χ1v) is 9.50. The standard InChI is InChI=1S/C21H15N5S2/c1-26-19(12-23-16-2-4-18(5-3-16)25-15-27)8-9-20(26)13-24-17-6-10-21(11-7-17)28-14-22/h2-13H,1H3. The Labute approximate surface area is 172 Å². The largest absolute Gasteiger partial charge is 0.342 e. The molecule has 0 saturated heterocycles. The summed E-state index contributed by atoms with van der Waals surface area (Å²) in [5, 5.41) is 13.1. The molecule has 0 aliphatic rings. The lowest BCUT2D eigenvalue weighted by atomic mass is 10.3. The van der Waals surface area contributed by atoms with Gasteiger partial charge in [-0.15, -0.1) is 0 Å². The van der Waals surface area contributed by atoms with Crippen LogP contribution in [0.2, 0.25) is 0 Å². The van der Waals surface area contributed by atoms with Gasteiger partial charge in [0.2, 0.25) is 0 Å². The second kappa shape index (κ2) is 9.58. The lowest BCUT2D eigenvalue weighted by Crippen LogP contribution is -1.99. The molecule has 0 aliphatic carbocycles. The highest BCUT2D eigenvalue weighted by Gasteiger charge is 2.01. The fraction of sp³-hybridized carbons (Fsp3) is 0.0476. The first-order valence-electron chi connectivity index (χ1n) is 8.27. The van der Waals surface area contributed by atoms with E-state index in [1.807, 2.05) is 84.7 Å². The van der Waals surface area contributed by atoms with Crippen molar-refractivity contribution in [1.29, 1.82) is 5.26 Å². The van der Waals surface area contributed by atoms with Gasteiger partial charge in [0.1, 0.15) is 5.40 Å². The Balaban J connectivity index is 1.70. The number of aromatic nitrogens is 1. The van der Waals surface area contributed by atoms with E-state index in [1.165, 1.54) is 0 Å². The molecule has 3 rings (SSSR count). The van der Waals surface area contributed by atoms with E-state index in [4.69, 9.17) is 5.26 Å². The third-order valence-corrected chi connectivity index (χ3v) is 4.61. The molecule has 0 unspecified atom stereocenters. The highest BCUT2D eigenvalue weighted by Crippen LogP contribution is 2.21. The fourth-order valence-electron chi connectivity index (χ4n) is 2.40. The maximum absolute atomic E-state index is 8.68. The Kier molecular flexibility index (Phi) is 6.66. The molecule has 5 nitrogen and oxygen atoms in total. The van der Waals surface area contributed by atoms with Gasteiger partial charge in [0.25, 0.3) is 0 Å². The summed E-state index contributed by atoms with van der Waals surface area (Å²) in [6, 6.07) is 19.0. The zero-order valence-electron chi connectivity index (χ0n) is 15.0. The average Bonchev–Trinajstić information content (AvgIpc) is 3.07. The van der Waals surface area contributed by atoms with Crippen LogP contribution in [0.25, 0.3) is 0 Å². The van der Waals surface area contributed by atoms with Gasteiger partial charge in [0.05, 0.1) is 46.0 Å². The number of hydrogen-bond acceptors (Lipinski definition) is 6. The van der Waals surface area contributed by atoms with Gasteiger partial charge in [-0.1, -0.05) is 0 Å². The third kappa shape index (κ3) is 5.12. The molecule has 0 atom stereocenters. The maximum Gasteiger partial charge on any atom is 0.138 e. The van der Waals surface area contributed by atoms with Crippen LogP contribution in [-0.2, 0) is 7.05 Å². The Morgan fingerprint density at radius 2 is 1.36 bits per heavy atom. The number of hydrogen-bond donors (Lipinski definition) is 0. The minimum atomic E-state index is 0.755. The van der Waals surface area contributed by atoms with E-state index in [9.17, 15) is 0 Å². The molecule has 136 valence electrons. The molecule has 2 aromatic carbocycles.